The maximum Gasteiger partial charge on any atom is 0.231 e. The SMILES string of the molecule is CCCCCCCN(C)C(=O)CC(=O)NCCCCCCCCNC(=O)CC(=O)N(C)CCCCCCC. The van der Waals surface area contributed by atoms with Gasteiger partial charge in [0, 0.05) is 40.3 Å². The van der Waals surface area contributed by atoms with Crippen molar-refractivity contribution in [3.05, 3.63) is 0 Å². The quantitative estimate of drug-likeness (QED) is 0.123. The van der Waals surface area contributed by atoms with Gasteiger partial charge in [0.2, 0.25) is 23.6 Å². The summed E-state index contributed by atoms with van der Waals surface area (Å²) < 4.78 is 0. The molecule has 0 aliphatic heterocycles. The third-order valence-corrected chi connectivity index (χ3v) is 6.92. The number of hydrogen-bond donors (Lipinski definition) is 2. The highest BCUT2D eigenvalue weighted by Gasteiger charge is 2.14. The molecule has 0 radical (unpaired) electrons. The minimum atomic E-state index is -0.194. The second-order valence-electron chi connectivity index (χ2n) is 10.6. The first-order valence-electron chi connectivity index (χ1n) is 15.3. The van der Waals surface area contributed by atoms with Gasteiger partial charge in [-0.1, -0.05) is 90.9 Å². The van der Waals surface area contributed by atoms with Crippen molar-refractivity contribution < 1.29 is 19.2 Å². The normalized spacial score (nSPS) is 10.7. The summed E-state index contributed by atoms with van der Waals surface area (Å²) in [5.41, 5.74) is 0. The van der Waals surface area contributed by atoms with Gasteiger partial charge in [0.15, 0.2) is 0 Å². The van der Waals surface area contributed by atoms with Crippen LogP contribution >= 0.6 is 0 Å². The van der Waals surface area contributed by atoms with Crippen molar-refractivity contribution >= 4 is 23.6 Å². The van der Waals surface area contributed by atoms with E-state index in [1.807, 2.05) is 0 Å². The molecule has 8 heteroatoms. The minimum absolute atomic E-state index is 0.0713. The molecule has 0 saturated carbocycles. The van der Waals surface area contributed by atoms with Crippen molar-refractivity contribution in [1.82, 2.24) is 20.4 Å². The molecule has 0 aliphatic carbocycles. The Bertz CT molecular complexity index is 588. The highest BCUT2D eigenvalue weighted by atomic mass is 16.2. The van der Waals surface area contributed by atoms with Gasteiger partial charge < -0.3 is 20.4 Å². The number of nitrogens with one attached hydrogen (secondary N) is 2. The van der Waals surface area contributed by atoms with Crippen LogP contribution in [-0.4, -0.2) is 73.7 Å². The van der Waals surface area contributed by atoms with Gasteiger partial charge in [-0.25, -0.2) is 0 Å². The Kier molecular flexibility index (Phi) is 23.8. The summed E-state index contributed by atoms with van der Waals surface area (Å²) in [6.07, 6.45) is 17.4. The second-order valence-corrected chi connectivity index (χ2v) is 10.6. The summed E-state index contributed by atoms with van der Waals surface area (Å²) in [5, 5.41) is 5.71. The van der Waals surface area contributed by atoms with E-state index in [1.54, 1.807) is 23.9 Å². The lowest BCUT2D eigenvalue weighted by Gasteiger charge is -2.17. The van der Waals surface area contributed by atoms with E-state index in [-0.39, 0.29) is 36.5 Å². The van der Waals surface area contributed by atoms with E-state index in [9.17, 15) is 19.2 Å². The van der Waals surface area contributed by atoms with E-state index in [0.29, 0.717) is 26.2 Å². The summed E-state index contributed by atoms with van der Waals surface area (Å²) in [4.78, 5) is 51.6. The molecule has 0 aromatic carbocycles. The highest BCUT2D eigenvalue weighted by Crippen LogP contribution is 2.06. The molecule has 0 aromatic heterocycles. The largest absolute Gasteiger partial charge is 0.356 e. The van der Waals surface area contributed by atoms with E-state index >= 15 is 0 Å². The molecular weight excluding hydrogens is 480 g/mol. The monoisotopic (exact) mass is 538 g/mol. The third-order valence-electron chi connectivity index (χ3n) is 6.92. The molecule has 0 aromatic rings. The molecule has 222 valence electrons. The number of carbonyl (C=O) groups is 4. The zero-order valence-electron chi connectivity index (χ0n) is 25.1. The predicted molar refractivity (Wildman–Crippen MR) is 156 cm³/mol. The van der Waals surface area contributed by atoms with E-state index < -0.39 is 0 Å². The summed E-state index contributed by atoms with van der Waals surface area (Å²) in [5.74, 6) is -0.612. The van der Waals surface area contributed by atoms with Crippen LogP contribution in [0.5, 0.6) is 0 Å². The molecular formula is C30H58N4O4. The first-order chi connectivity index (χ1) is 18.3. The average molecular weight is 539 g/mol. The fraction of sp³-hybridized carbons (Fsp3) is 0.867. The van der Waals surface area contributed by atoms with Crippen molar-refractivity contribution in [2.45, 2.75) is 129 Å². The van der Waals surface area contributed by atoms with Crippen LogP contribution in [0.25, 0.3) is 0 Å². The van der Waals surface area contributed by atoms with Gasteiger partial charge in [-0.3, -0.25) is 19.2 Å². The van der Waals surface area contributed by atoms with Gasteiger partial charge in [-0.05, 0) is 25.7 Å². The zero-order valence-corrected chi connectivity index (χ0v) is 25.1. The molecule has 0 unspecified atom stereocenters. The lowest BCUT2D eigenvalue weighted by molar-refractivity contribution is -0.136. The molecule has 4 amide bonds. The summed E-state index contributed by atoms with van der Waals surface area (Å²) in [6.45, 7) is 7.00. The molecule has 38 heavy (non-hydrogen) atoms. The van der Waals surface area contributed by atoms with E-state index in [4.69, 9.17) is 0 Å². The molecule has 0 aliphatic rings. The zero-order chi connectivity index (χ0) is 28.4. The van der Waals surface area contributed by atoms with Crippen LogP contribution in [0.15, 0.2) is 0 Å². The molecule has 8 nitrogen and oxygen atoms in total. The van der Waals surface area contributed by atoms with Crippen LogP contribution in [0.1, 0.15) is 129 Å². The maximum absolute atomic E-state index is 12.1. The van der Waals surface area contributed by atoms with Gasteiger partial charge in [-0.15, -0.1) is 0 Å². The van der Waals surface area contributed by atoms with Gasteiger partial charge in [-0.2, -0.15) is 0 Å². The second kappa shape index (κ2) is 25.2. The van der Waals surface area contributed by atoms with Crippen molar-refractivity contribution in [1.29, 1.82) is 0 Å². The first-order valence-corrected chi connectivity index (χ1v) is 15.3. The fourth-order valence-corrected chi connectivity index (χ4v) is 4.24. The van der Waals surface area contributed by atoms with Crippen LogP contribution < -0.4 is 10.6 Å². The Morgan fingerprint density at radius 1 is 0.474 bits per heavy atom. The van der Waals surface area contributed by atoms with Gasteiger partial charge in [0.1, 0.15) is 12.8 Å². The van der Waals surface area contributed by atoms with Crippen LogP contribution in [0, 0.1) is 0 Å². The molecule has 0 heterocycles. The standard InChI is InChI=1S/C30H58N4O4/c1-5-7-9-15-19-23-33(3)29(37)25-27(35)31-21-17-13-11-12-14-18-22-32-28(36)26-30(38)34(4)24-20-16-10-8-6-2/h5-26H2,1-4H3,(H,31,35)(H,32,36). The molecule has 2 N–H and O–H groups in total. The van der Waals surface area contributed by atoms with Crippen molar-refractivity contribution in [3.8, 4) is 0 Å². The summed E-state index contributed by atoms with van der Waals surface area (Å²) in [6, 6.07) is 0. The Hall–Kier alpha value is -2.12. The molecule has 0 rings (SSSR count). The smallest absolute Gasteiger partial charge is 0.231 e. The molecule has 0 bridgehead atoms. The first kappa shape index (κ1) is 35.9. The van der Waals surface area contributed by atoms with E-state index in [0.717, 1.165) is 64.2 Å². The lowest BCUT2D eigenvalue weighted by atomic mass is 10.1. The van der Waals surface area contributed by atoms with Crippen molar-refractivity contribution in [3.63, 3.8) is 0 Å². The van der Waals surface area contributed by atoms with Crippen molar-refractivity contribution in [2.75, 3.05) is 40.3 Å². The lowest BCUT2D eigenvalue weighted by Crippen LogP contribution is -2.34. The van der Waals surface area contributed by atoms with Gasteiger partial charge >= 0.3 is 0 Å². The topological polar surface area (TPSA) is 98.8 Å². The molecule has 0 saturated heterocycles. The van der Waals surface area contributed by atoms with Crippen LogP contribution in [0.2, 0.25) is 0 Å². The number of hydrogen-bond acceptors (Lipinski definition) is 4. The number of carbonyl (C=O) groups excluding carboxylic acids is 4. The minimum Gasteiger partial charge on any atom is -0.356 e. The maximum atomic E-state index is 12.1. The van der Waals surface area contributed by atoms with Crippen molar-refractivity contribution in [2.24, 2.45) is 0 Å². The predicted octanol–water partition coefficient (Wildman–Crippen LogP) is 5.20. The number of nitrogens with zero attached hydrogens (tertiary/aromatic N) is 2. The molecule has 0 spiro atoms. The Morgan fingerprint density at radius 2 is 0.789 bits per heavy atom. The third kappa shape index (κ3) is 21.9. The summed E-state index contributed by atoms with van der Waals surface area (Å²) in [7, 11) is 3.55. The van der Waals surface area contributed by atoms with Crippen LogP contribution in [-0.2, 0) is 19.2 Å². The van der Waals surface area contributed by atoms with E-state index in [2.05, 4.69) is 24.5 Å². The van der Waals surface area contributed by atoms with E-state index in [1.165, 1.54) is 38.5 Å². The van der Waals surface area contributed by atoms with Crippen LogP contribution in [0.3, 0.4) is 0 Å². The number of rotatable bonds is 25. The van der Waals surface area contributed by atoms with Crippen LogP contribution in [0.4, 0.5) is 0 Å². The Balaban J connectivity index is 3.62. The average Bonchev–Trinajstić information content (AvgIpc) is 2.89. The highest BCUT2D eigenvalue weighted by molar-refractivity contribution is 5.97. The Labute approximate surface area is 233 Å². The summed E-state index contributed by atoms with van der Waals surface area (Å²) >= 11 is 0. The van der Waals surface area contributed by atoms with Gasteiger partial charge in [0.25, 0.3) is 0 Å². The fourth-order valence-electron chi connectivity index (χ4n) is 4.24. The molecule has 0 atom stereocenters. The van der Waals surface area contributed by atoms with Gasteiger partial charge in [0.05, 0.1) is 0 Å². The number of amides is 4. The number of unbranched alkanes of at least 4 members (excludes halogenated alkanes) is 13. The molecule has 0 fully saturated rings. The Morgan fingerprint density at radius 3 is 1.16 bits per heavy atom.